The standard InChI is InChI=1S/C17H21ClN4O/c1-23-10-9-22-8-2-3-15(22)16-14(11-20-17(19)21-16)12-4-6-13(18)7-5-12/h4-7,11,15H,2-3,8-10H2,1H3,(H2,19,20,21)/t15-/m1/s1. The molecular formula is C17H21ClN4O. The highest BCUT2D eigenvalue weighted by atomic mass is 35.5. The molecule has 0 bridgehead atoms. The van der Waals surface area contributed by atoms with Gasteiger partial charge in [0.1, 0.15) is 0 Å². The molecule has 1 saturated heterocycles. The molecule has 2 heterocycles. The van der Waals surface area contributed by atoms with Crippen molar-refractivity contribution < 1.29 is 4.74 Å². The van der Waals surface area contributed by atoms with Gasteiger partial charge in [0.2, 0.25) is 5.95 Å². The number of likely N-dealkylation sites (tertiary alicyclic amines) is 1. The van der Waals surface area contributed by atoms with E-state index < -0.39 is 0 Å². The van der Waals surface area contributed by atoms with Gasteiger partial charge in [-0.05, 0) is 37.1 Å². The number of methoxy groups -OCH3 is 1. The van der Waals surface area contributed by atoms with Gasteiger partial charge in [0.15, 0.2) is 0 Å². The number of rotatable bonds is 5. The molecule has 1 atom stereocenters. The third-order valence-electron chi connectivity index (χ3n) is 4.25. The van der Waals surface area contributed by atoms with Crippen molar-refractivity contribution in [3.8, 4) is 11.1 Å². The molecule has 5 nitrogen and oxygen atoms in total. The molecule has 6 heteroatoms. The lowest BCUT2D eigenvalue weighted by atomic mass is 10.00. The van der Waals surface area contributed by atoms with Gasteiger partial charge in [-0.2, -0.15) is 0 Å². The predicted octanol–water partition coefficient (Wildman–Crippen LogP) is 3.16. The maximum absolute atomic E-state index is 6.00. The molecule has 3 rings (SSSR count). The number of anilines is 1. The first-order chi connectivity index (χ1) is 11.2. The average molecular weight is 333 g/mol. The molecule has 1 fully saturated rings. The summed E-state index contributed by atoms with van der Waals surface area (Å²) in [6.07, 6.45) is 4.03. The Kier molecular flexibility index (Phi) is 5.10. The maximum Gasteiger partial charge on any atom is 0.220 e. The quantitative estimate of drug-likeness (QED) is 0.911. The molecule has 1 aliphatic rings. The molecular weight excluding hydrogens is 312 g/mol. The number of aromatic nitrogens is 2. The molecule has 2 aromatic rings. The van der Waals surface area contributed by atoms with Crippen LogP contribution >= 0.6 is 11.6 Å². The van der Waals surface area contributed by atoms with Crippen LogP contribution in [0.4, 0.5) is 5.95 Å². The van der Waals surface area contributed by atoms with Crippen molar-refractivity contribution >= 4 is 17.5 Å². The van der Waals surface area contributed by atoms with E-state index in [1.165, 1.54) is 0 Å². The Labute approximate surface area is 141 Å². The van der Waals surface area contributed by atoms with Crippen LogP contribution in [0.2, 0.25) is 5.02 Å². The second kappa shape index (κ2) is 7.25. The summed E-state index contributed by atoms with van der Waals surface area (Å²) < 4.78 is 5.23. The number of ether oxygens (including phenoxy) is 1. The smallest absolute Gasteiger partial charge is 0.220 e. The molecule has 0 unspecified atom stereocenters. The molecule has 2 N–H and O–H groups in total. The first kappa shape index (κ1) is 16.2. The third kappa shape index (κ3) is 3.63. The fraction of sp³-hybridized carbons (Fsp3) is 0.412. The highest BCUT2D eigenvalue weighted by Crippen LogP contribution is 2.36. The van der Waals surface area contributed by atoms with Gasteiger partial charge in [-0.1, -0.05) is 23.7 Å². The first-order valence-electron chi connectivity index (χ1n) is 7.80. The first-order valence-corrected chi connectivity index (χ1v) is 8.18. The average Bonchev–Trinajstić information content (AvgIpc) is 3.02. The second-order valence-electron chi connectivity index (χ2n) is 5.72. The molecule has 0 spiro atoms. The number of halogens is 1. The summed E-state index contributed by atoms with van der Waals surface area (Å²) in [5, 5.41) is 0.717. The molecule has 1 aliphatic heterocycles. The largest absolute Gasteiger partial charge is 0.383 e. The van der Waals surface area contributed by atoms with Crippen LogP contribution in [0.1, 0.15) is 24.6 Å². The fourth-order valence-electron chi connectivity index (χ4n) is 3.13. The summed E-state index contributed by atoms with van der Waals surface area (Å²) >= 11 is 6.00. The van der Waals surface area contributed by atoms with Gasteiger partial charge in [0.25, 0.3) is 0 Å². The second-order valence-corrected chi connectivity index (χ2v) is 6.16. The number of nitrogen functional groups attached to an aromatic ring is 1. The van der Waals surface area contributed by atoms with Crippen LogP contribution in [-0.4, -0.2) is 41.7 Å². The van der Waals surface area contributed by atoms with Crippen molar-refractivity contribution in [1.29, 1.82) is 0 Å². The van der Waals surface area contributed by atoms with E-state index in [1.807, 2.05) is 30.5 Å². The van der Waals surface area contributed by atoms with Crippen LogP contribution in [-0.2, 0) is 4.74 Å². The molecule has 0 amide bonds. The molecule has 1 aromatic carbocycles. The van der Waals surface area contributed by atoms with Crippen molar-refractivity contribution in [2.24, 2.45) is 0 Å². The number of nitrogens with zero attached hydrogens (tertiary/aromatic N) is 3. The van der Waals surface area contributed by atoms with Crippen LogP contribution in [0.25, 0.3) is 11.1 Å². The Bertz CT molecular complexity index is 662. The van der Waals surface area contributed by atoms with E-state index in [0.29, 0.717) is 17.6 Å². The normalized spacial score (nSPS) is 18.4. The van der Waals surface area contributed by atoms with Crippen LogP contribution in [0.15, 0.2) is 30.5 Å². The van der Waals surface area contributed by atoms with Crippen LogP contribution in [0.5, 0.6) is 0 Å². The molecule has 0 saturated carbocycles. The lowest BCUT2D eigenvalue weighted by molar-refractivity contribution is 0.140. The minimum atomic E-state index is 0.251. The summed E-state index contributed by atoms with van der Waals surface area (Å²) in [5.41, 5.74) is 8.93. The SMILES string of the molecule is COCCN1CCC[C@@H]1c1nc(N)ncc1-c1ccc(Cl)cc1. The van der Waals surface area contributed by atoms with E-state index in [2.05, 4.69) is 14.9 Å². The van der Waals surface area contributed by atoms with Gasteiger partial charge in [0.05, 0.1) is 18.3 Å². The lowest BCUT2D eigenvalue weighted by Crippen LogP contribution is -2.28. The van der Waals surface area contributed by atoms with Gasteiger partial charge in [0, 0.05) is 30.4 Å². The molecule has 1 aromatic heterocycles. The van der Waals surface area contributed by atoms with Gasteiger partial charge >= 0.3 is 0 Å². The van der Waals surface area contributed by atoms with E-state index in [0.717, 1.165) is 42.8 Å². The molecule has 0 radical (unpaired) electrons. The zero-order valence-electron chi connectivity index (χ0n) is 13.2. The van der Waals surface area contributed by atoms with Crippen LogP contribution < -0.4 is 5.73 Å². The summed E-state index contributed by atoms with van der Waals surface area (Å²) in [4.78, 5) is 11.2. The Morgan fingerprint density at radius 3 is 2.87 bits per heavy atom. The van der Waals surface area contributed by atoms with Gasteiger partial charge in [-0.15, -0.1) is 0 Å². The lowest BCUT2D eigenvalue weighted by Gasteiger charge is -2.25. The predicted molar refractivity (Wildman–Crippen MR) is 92.3 cm³/mol. The number of benzene rings is 1. The van der Waals surface area contributed by atoms with Gasteiger partial charge < -0.3 is 10.5 Å². The fourth-order valence-corrected chi connectivity index (χ4v) is 3.25. The molecule has 0 aliphatic carbocycles. The topological polar surface area (TPSA) is 64.3 Å². The number of hydrogen-bond acceptors (Lipinski definition) is 5. The van der Waals surface area contributed by atoms with Crippen LogP contribution in [0.3, 0.4) is 0 Å². The minimum absolute atomic E-state index is 0.251. The van der Waals surface area contributed by atoms with Crippen molar-refractivity contribution in [2.45, 2.75) is 18.9 Å². The monoisotopic (exact) mass is 332 g/mol. The molecule has 23 heavy (non-hydrogen) atoms. The summed E-state index contributed by atoms with van der Waals surface area (Å²) in [6.45, 7) is 2.66. The zero-order valence-corrected chi connectivity index (χ0v) is 14.0. The summed E-state index contributed by atoms with van der Waals surface area (Å²) in [7, 11) is 1.73. The highest BCUT2D eigenvalue weighted by molar-refractivity contribution is 6.30. The summed E-state index contributed by atoms with van der Waals surface area (Å²) in [5.74, 6) is 0.316. The number of hydrogen-bond donors (Lipinski definition) is 1. The Morgan fingerprint density at radius 1 is 1.35 bits per heavy atom. The number of nitrogens with two attached hydrogens (primary N) is 1. The van der Waals surface area contributed by atoms with Crippen molar-refractivity contribution in [3.05, 3.63) is 41.2 Å². The van der Waals surface area contributed by atoms with Crippen molar-refractivity contribution in [1.82, 2.24) is 14.9 Å². The summed E-state index contributed by atoms with van der Waals surface area (Å²) in [6, 6.07) is 8.01. The van der Waals surface area contributed by atoms with Gasteiger partial charge in [-0.3, -0.25) is 4.90 Å². The highest BCUT2D eigenvalue weighted by Gasteiger charge is 2.29. The Balaban J connectivity index is 1.97. The van der Waals surface area contributed by atoms with E-state index >= 15 is 0 Å². The van der Waals surface area contributed by atoms with Crippen molar-refractivity contribution in [2.75, 3.05) is 32.5 Å². The maximum atomic E-state index is 6.00. The van der Waals surface area contributed by atoms with Crippen molar-refractivity contribution in [3.63, 3.8) is 0 Å². The zero-order chi connectivity index (χ0) is 16.2. The third-order valence-corrected chi connectivity index (χ3v) is 4.51. The molecule has 122 valence electrons. The van der Waals surface area contributed by atoms with E-state index in [4.69, 9.17) is 22.1 Å². The Morgan fingerprint density at radius 2 is 2.13 bits per heavy atom. The van der Waals surface area contributed by atoms with Gasteiger partial charge in [-0.25, -0.2) is 9.97 Å². The van der Waals surface area contributed by atoms with E-state index in [9.17, 15) is 0 Å². The minimum Gasteiger partial charge on any atom is -0.383 e. The van der Waals surface area contributed by atoms with E-state index in [-0.39, 0.29) is 6.04 Å². The van der Waals surface area contributed by atoms with E-state index in [1.54, 1.807) is 7.11 Å². The van der Waals surface area contributed by atoms with Crippen LogP contribution in [0, 0.1) is 0 Å². The Hall–Kier alpha value is -1.69.